The lowest BCUT2D eigenvalue weighted by Crippen LogP contribution is -1.95. The first-order chi connectivity index (χ1) is 5.83. The van der Waals surface area contributed by atoms with Gasteiger partial charge in [0.15, 0.2) is 0 Å². The summed E-state index contributed by atoms with van der Waals surface area (Å²) in [5, 5.41) is 3.82. The van der Waals surface area contributed by atoms with Gasteiger partial charge in [0.05, 0.1) is 0 Å². The van der Waals surface area contributed by atoms with Gasteiger partial charge >= 0.3 is 0 Å². The quantitative estimate of drug-likeness (QED) is 0.535. The van der Waals surface area contributed by atoms with Gasteiger partial charge in [-0.3, -0.25) is 0 Å². The van der Waals surface area contributed by atoms with Crippen LogP contribution in [0.25, 0.3) is 0 Å². The number of nitrogens with zero attached hydrogens (tertiary/aromatic N) is 1. The maximum Gasteiger partial charge on any atom is 0.123 e. The van der Waals surface area contributed by atoms with Gasteiger partial charge in [0.2, 0.25) is 0 Å². The van der Waals surface area contributed by atoms with E-state index in [4.69, 9.17) is 0 Å². The minimum absolute atomic E-state index is 0.204. The van der Waals surface area contributed by atoms with Gasteiger partial charge in [-0.1, -0.05) is 12.1 Å². The van der Waals surface area contributed by atoms with Crippen LogP contribution in [0.3, 0.4) is 0 Å². The van der Waals surface area contributed by atoms with Gasteiger partial charge in [0.25, 0.3) is 0 Å². The molecule has 0 bridgehead atoms. The molecule has 0 saturated heterocycles. The summed E-state index contributed by atoms with van der Waals surface area (Å²) >= 11 is 0. The van der Waals surface area contributed by atoms with Crippen LogP contribution in [0, 0.1) is 5.82 Å². The number of hydrogen-bond acceptors (Lipinski definition) is 2. The Labute approximate surface area is 71.1 Å². The van der Waals surface area contributed by atoms with Gasteiger partial charge in [-0.05, 0) is 17.7 Å². The van der Waals surface area contributed by atoms with Gasteiger partial charge in [0.1, 0.15) is 5.82 Å². The zero-order valence-corrected chi connectivity index (χ0v) is 6.92. The van der Waals surface area contributed by atoms with Crippen molar-refractivity contribution in [2.75, 3.05) is 7.05 Å². The molecule has 0 saturated carbocycles. The summed E-state index contributed by atoms with van der Waals surface area (Å²) in [4.78, 5) is 0. The second kappa shape index (κ2) is 4.49. The van der Waals surface area contributed by atoms with Gasteiger partial charge in [-0.25, -0.2) is 4.39 Å². The molecule has 64 valence electrons. The normalized spacial score (nSPS) is 10.5. The van der Waals surface area contributed by atoms with Crippen molar-refractivity contribution in [3.63, 3.8) is 0 Å². The van der Waals surface area contributed by atoms with E-state index < -0.39 is 0 Å². The fourth-order valence-corrected chi connectivity index (χ4v) is 0.863. The highest BCUT2D eigenvalue weighted by molar-refractivity contribution is 5.60. The molecule has 0 atom stereocenters. The summed E-state index contributed by atoms with van der Waals surface area (Å²) in [5.41, 5.74) is 3.70. The van der Waals surface area contributed by atoms with Crippen LogP contribution < -0.4 is 5.43 Å². The minimum Gasteiger partial charge on any atom is -0.313 e. The summed E-state index contributed by atoms with van der Waals surface area (Å²) < 4.78 is 12.4. The number of nitrogens with one attached hydrogen (secondary N) is 1. The molecule has 0 fully saturated rings. The van der Waals surface area contributed by atoms with Crippen LogP contribution in [0.1, 0.15) is 5.56 Å². The van der Waals surface area contributed by atoms with E-state index in [1.165, 1.54) is 12.1 Å². The molecule has 0 aliphatic heterocycles. The van der Waals surface area contributed by atoms with Crippen LogP contribution in [-0.4, -0.2) is 13.3 Å². The lowest BCUT2D eigenvalue weighted by molar-refractivity contribution is 0.627. The molecule has 0 aliphatic carbocycles. The molecular formula is C9H11FN2. The Morgan fingerprint density at radius 3 is 2.67 bits per heavy atom. The van der Waals surface area contributed by atoms with E-state index >= 15 is 0 Å². The molecule has 0 aromatic heterocycles. The lowest BCUT2D eigenvalue weighted by atomic mass is 10.2. The van der Waals surface area contributed by atoms with E-state index in [9.17, 15) is 4.39 Å². The summed E-state index contributed by atoms with van der Waals surface area (Å²) in [7, 11) is 1.74. The molecule has 0 unspecified atom stereocenters. The molecule has 0 radical (unpaired) electrons. The molecule has 1 aromatic rings. The van der Waals surface area contributed by atoms with E-state index in [1.807, 2.05) is 0 Å². The van der Waals surface area contributed by atoms with Crippen LogP contribution in [0.15, 0.2) is 29.4 Å². The van der Waals surface area contributed by atoms with Crippen molar-refractivity contribution in [1.29, 1.82) is 0 Å². The summed E-state index contributed by atoms with van der Waals surface area (Å²) in [6.07, 6.45) is 2.47. The predicted octanol–water partition coefficient (Wildman–Crippen LogP) is 1.57. The van der Waals surface area contributed by atoms with Crippen molar-refractivity contribution in [3.8, 4) is 0 Å². The Bertz CT molecular complexity index is 254. The molecule has 0 spiro atoms. The Morgan fingerprint density at radius 2 is 2.08 bits per heavy atom. The third kappa shape index (κ3) is 2.70. The van der Waals surface area contributed by atoms with Crippen LogP contribution >= 0.6 is 0 Å². The summed E-state index contributed by atoms with van der Waals surface area (Å²) in [6.45, 7) is 0. The van der Waals surface area contributed by atoms with E-state index in [0.29, 0.717) is 0 Å². The zero-order chi connectivity index (χ0) is 8.81. The highest BCUT2D eigenvalue weighted by atomic mass is 19.1. The number of halogens is 1. The van der Waals surface area contributed by atoms with Crippen molar-refractivity contribution in [1.82, 2.24) is 5.43 Å². The van der Waals surface area contributed by atoms with Crippen LogP contribution in [0.4, 0.5) is 4.39 Å². The number of benzene rings is 1. The second-order valence-electron chi connectivity index (χ2n) is 2.37. The molecule has 1 rings (SSSR count). The average molecular weight is 166 g/mol. The monoisotopic (exact) mass is 166 g/mol. The molecule has 1 N–H and O–H groups in total. The molecule has 0 aliphatic rings. The Morgan fingerprint density at radius 1 is 1.42 bits per heavy atom. The first-order valence-corrected chi connectivity index (χ1v) is 3.75. The highest BCUT2D eigenvalue weighted by Crippen LogP contribution is 2.01. The van der Waals surface area contributed by atoms with E-state index in [0.717, 1.165) is 12.0 Å². The second-order valence-corrected chi connectivity index (χ2v) is 2.37. The highest BCUT2D eigenvalue weighted by Gasteiger charge is 1.90. The van der Waals surface area contributed by atoms with E-state index in [-0.39, 0.29) is 5.82 Å². The van der Waals surface area contributed by atoms with Crippen molar-refractivity contribution in [3.05, 3.63) is 35.6 Å². The fourth-order valence-electron chi connectivity index (χ4n) is 0.863. The SMILES string of the molecule is CN/N=C/Cc1ccc(F)cc1. The molecule has 3 heteroatoms. The minimum atomic E-state index is -0.204. The molecule has 1 aromatic carbocycles. The Balaban J connectivity index is 2.53. The van der Waals surface area contributed by atoms with Gasteiger partial charge in [0, 0.05) is 19.7 Å². The average Bonchev–Trinajstić information content (AvgIpc) is 2.09. The lowest BCUT2D eigenvalue weighted by Gasteiger charge is -1.94. The third-order valence-electron chi connectivity index (χ3n) is 1.46. The third-order valence-corrected chi connectivity index (χ3v) is 1.46. The number of hydrazone groups is 1. The van der Waals surface area contributed by atoms with Crippen molar-refractivity contribution in [2.45, 2.75) is 6.42 Å². The topological polar surface area (TPSA) is 24.4 Å². The summed E-state index contributed by atoms with van der Waals surface area (Å²) in [5.74, 6) is -0.204. The van der Waals surface area contributed by atoms with Gasteiger partial charge in [-0.15, -0.1) is 0 Å². The fraction of sp³-hybridized carbons (Fsp3) is 0.222. The van der Waals surface area contributed by atoms with E-state index in [1.54, 1.807) is 25.4 Å². The zero-order valence-electron chi connectivity index (χ0n) is 6.92. The molecule has 0 heterocycles. The standard InChI is InChI=1S/C9H11FN2/c1-11-12-7-6-8-2-4-9(10)5-3-8/h2-5,7,11H,6H2,1H3/b12-7+. The first-order valence-electron chi connectivity index (χ1n) is 3.75. The van der Waals surface area contributed by atoms with Crippen molar-refractivity contribution in [2.24, 2.45) is 5.10 Å². The number of hydrogen-bond donors (Lipinski definition) is 1. The van der Waals surface area contributed by atoms with Gasteiger partial charge < -0.3 is 5.43 Å². The van der Waals surface area contributed by atoms with Crippen LogP contribution in [0.2, 0.25) is 0 Å². The maximum absolute atomic E-state index is 12.4. The van der Waals surface area contributed by atoms with Crippen molar-refractivity contribution < 1.29 is 4.39 Å². The van der Waals surface area contributed by atoms with Crippen LogP contribution in [-0.2, 0) is 6.42 Å². The molecule has 12 heavy (non-hydrogen) atoms. The van der Waals surface area contributed by atoms with Crippen molar-refractivity contribution >= 4 is 6.21 Å². The van der Waals surface area contributed by atoms with Gasteiger partial charge in [-0.2, -0.15) is 5.10 Å². The molecule has 2 nitrogen and oxygen atoms in total. The van der Waals surface area contributed by atoms with E-state index in [2.05, 4.69) is 10.5 Å². The molecule has 0 amide bonds. The summed E-state index contributed by atoms with van der Waals surface area (Å²) in [6, 6.07) is 6.39. The molecular weight excluding hydrogens is 155 g/mol. The maximum atomic E-state index is 12.4. The van der Waals surface area contributed by atoms with Crippen LogP contribution in [0.5, 0.6) is 0 Å². The smallest absolute Gasteiger partial charge is 0.123 e. The first kappa shape index (κ1) is 8.71. The Kier molecular flexibility index (Phi) is 3.26. The predicted molar refractivity (Wildman–Crippen MR) is 47.7 cm³/mol. The Hall–Kier alpha value is -1.38. The largest absolute Gasteiger partial charge is 0.313 e. The number of rotatable bonds is 3.